The van der Waals surface area contributed by atoms with Gasteiger partial charge >= 0.3 is 0 Å². The number of rotatable bonds is 5. The third kappa shape index (κ3) is 4.08. The van der Waals surface area contributed by atoms with Crippen LogP contribution in [0.4, 0.5) is 5.82 Å². The summed E-state index contributed by atoms with van der Waals surface area (Å²) in [5.74, 6) is 0.777. The molecule has 1 N–H and O–H groups in total. The van der Waals surface area contributed by atoms with Crippen LogP contribution in [0.1, 0.15) is 0 Å². The van der Waals surface area contributed by atoms with Crippen LogP contribution < -0.4 is 15.6 Å². The number of nitrogens with one attached hydrogen (secondary N) is 1. The van der Waals surface area contributed by atoms with Gasteiger partial charge in [0.05, 0.1) is 12.8 Å². The van der Waals surface area contributed by atoms with Crippen LogP contribution in [0, 0.1) is 0 Å². The molecule has 0 aliphatic heterocycles. The van der Waals surface area contributed by atoms with Crippen molar-refractivity contribution in [3.63, 3.8) is 0 Å². The summed E-state index contributed by atoms with van der Waals surface area (Å²) in [7, 11) is 1.59. The molecular weight excluding hydrogens is 320 g/mol. The Labute approximate surface area is 143 Å². The van der Waals surface area contributed by atoms with E-state index < -0.39 is 0 Å². The van der Waals surface area contributed by atoms with E-state index in [0.29, 0.717) is 11.5 Å². The number of carbonyl (C=O) groups is 1. The standard InChI is InChI=1S/C18H16N4O3/c1-25-14-7-5-13(6-8-14)15-9-10-18(24)22(21-15)12-17(23)20-16-4-2-3-11-19-16/h2-11H,12H2,1H3,(H,19,20,23). The number of nitrogens with zero attached hydrogens (tertiary/aromatic N) is 3. The second kappa shape index (κ2) is 7.39. The fraction of sp³-hybridized carbons (Fsp3) is 0.111. The van der Waals surface area contributed by atoms with Gasteiger partial charge in [0.25, 0.3) is 5.56 Å². The lowest BCUT2D eigenvalue weighted by atomic mass is 10.1. The zero-order valence-corrected chi connectivity index (χ0v) is 13.5. The average Bonchev–Trinajstić information content (AvgIpc) is 2.64. The van der Waals surface area contributed by atoms with Gasteiger partial charge < -0.3 is 10.1 Å². The topological polar surface area (TPSA) is 86.1 Å². The maximum absolute atomic E-state index is 12.1. The molecule has 3 rings (SSSR count). The Morgan fingerprint density at radius 2 is 1.92 bits per heavy atom. The molecule has 2 aromatic heterocycles. The van der Waals surface area contributed by atoms with Crippen molar-refractivity contribution in [2.75, 3.05) is 12.4 Å². The van der Waals surface area contributed by atoms with Gasteiger partial charge in [0.2, 0.25) is 5.91 Å². The van der Waals surface area contributed by atoms with Crippen LogP contribution in [0.2, 0.25) is 0 Å². The van der Waals surface area contributed by atoms with E-state index in [-0.39, 0.29) is 18.0 Å². The first-order valence-electron chi connectivity index (χ1n) is 7.59. The van der Waals surface area contributed by atoms with E-state index in [1.165, 1.54) is 6.07 Å². The Morgan fingerprint density at radius 3 is 2.60 bits per heavy atom. The van der Waals surface area contributed by atoms with Crippen molar-refractivity contribution in [3.8, 4) is 17.0 Å². The molecule has 2 heterocycles. The van der Waals surface area contributed by atoms with Crippen molar-refractivity contribution in [1.82, 2.24) is 14.8 Å². The number of amides is 1. The van der Waals surface area contributed by atoms with Crippen LogP contribution in [0.3, 0.4) is 0 Å². The predicted octanol–water partition coefficient (Wildman–Crippen LogP) is 1.95. The third-order valence-electron chi connectivity index (χ3n) is 3.48. The Bertz CT molecular complexity index is 921. The van der Waals surface area contributed by atoms with E-state index in [9.17, 15) is 9.59 Å². The summed E-state index contributed by atoms with van der Waals surface area (Å²) in [6, 6.07) is 15.5. The highest BCUT2D eigenvalue weighted by atomic mass is 16.5. The summed E-state index contributed by atoms with van der Waals surface area (Å²) in [4.78, 5) is 28.1. The van der Waals surface area contributed by atoms with Crippen LogP contribution in [-0.2, 0) is 11.3 Å². The number of hydrogen-bond acceptors (Lipinski definition) is 5. The number of aromatic nitrogens is 3. The number of benzene rings is 1. The van der Waals surface area contributed by atoms with Crippen molar-refractivity contribution >= 4 is 11.7 Å². The summed E-state index contributed by atoms with van der Waals surface area (Å²) in [6.07, 6.45) is 1.57. The SMILES string of the molecule is COc1ccc(-c2ccc(=O)n(CC(=O)Nc3ccccn3)n2)cc1. The van der Waals surface area contributed by atoms with Gasteiger partial charge in [0.1, 0.15) is 18.1 Å². The number of carbonyl (C=O) groups excluding carboxylic acids is 1. The van der Waals surface area contributed by atoms with Gasteiger partial charge in [-0.2, -0.15) is 5.10 Å². The summed E-state index contributed by atoms with van der Waals surface area (Å²) >= 11 is 0. The van der Waals surface area contributed by atoms with Crippen molar-refractivity contribution in [1.29, 1.82) is 0 Å². The molecule has 0 spiro atoms. The highest BCUT2D eigenvalue weighted by molar-refractivity contribution is 5.89. The fourth-order valence-corrected chi connectivity index (χ4v) is 2.23. The molecule has 0 atom stereocenters. The Balaban J connectivity index is 1.79. The lowest BCUT2D eigenvalue weighted by Gasteiger charge is -2.08. The highest BCUT2D eigenvalue weighted by Gasteiger charge is 2.09. The Kier molecular flexibility index (Phi) is 4.84. The molecule has 0 saturated carbocycles. The smallest absolute Gasteiger partial charge is 0.267 e. The highest BCUT2D eigenvalue weighted by Crippen LogP contribution is 2.19. The maximum Gasteiger partial charge on any atom is 0.267 e. The van der Waals surface area contributed by atoms with Crippen LogP contribution in [0.5, 0.6) is 5.75 Å². The molecule has 25 heavy (non-hydrogen) atoms. The Morgan fingerprint density at radius 1 is 1.12 bits per heavy atom. The first-order valence-corrected chi connectivity index (χ1v) is 7.59. The summed E-state index contributed by atoms with van der Waals surface area (Å²) in [5.41, 5.74) is 1.06. The zero-order valence-electron chi connectivity index (χ0n) is 13.5. The average molecular weight is 336 g/mol. The van der Waals surface area contributed by atoms with E-state index in [2.05, 4.69) is 15.4 Å². The van der Waals surface area contributed by atoms with E-state index in [1.807, 2.05) is 12.1 Å². The van der Waals surface area contributed by atoms with Gasteiger partial charge in [-0.15, -0.1) is 0 Å². The van der Waals surface area contributed by atoms with E-state index in [4.69, 9.17) is 4.74 Å². The second-order valence-electron chi connectivity index (χ2n) is 5.21. The minimum atomic E-state index is -0.375. The molecule has 126 valence electrons. The molecule has 7 nitrogen and oxygen atoms in total. The van der Waals surface area contributed by atoms with Crippen molar-refractivity contribution < 1.29 is 9.53 Å². The number of hydrogen-bond donors (Lipinski definition) is 1. The molecule has 0 radical (unpaired) electrons. The molecule has 0 saturated heterocycles. The van der Waals surface area contributed by atoms with Crippen molar-refractivity contribution in [2.45, 2.75) is 6.54 Å². The first-order chi connectivity index (χ1) is 12.2. The molecule has 1 aromatic carbocycles. The number of anilines is 1. The van der Waals surface area contributed by atoms with Crippen LogP contribution in [0.15, 0.2) is 65.6 Å². The molecule has 1 amide bonds. The van der Waals surface area contributed by atoms with Crippen LogP contribution in [-0.4, -0.2) is 27.8 Å². The first kappa shape index (κ1) is 16.4. The predicted molar refractivity (Wildman–Crippen MR) is 93.4 cm³/mol. The molecule has 0 bridgehead atoms. The molecule has 7 heteroatoms. The number of methoxy groups -OCH3 is 1. The molecular formula is C18H16N4O3. The third-order valence-corrected chi connectivity index (χ3v) is 3.48. The van der Waals surface area contributed by atoms with Gasteiger partial charge in [0, 0.05) is 17.8 Å². The van der Waals surface area contributed by atoms with Crippen molar-refractivity contribution in [3.05, 3.63) is 71.1 Å². The van der Waals surface area contributed by atoms with E-state index in [0.717, 1.165) is 16.0 Å². The quantitative estimate of drug-likeness (QED) is 0.770. The summed E-state index contributed by atoms with van der Waals surface area (Å²) < 4.78 is 6.25. The molecule has 0 aliphatic carbocycles. The monoisotopic (exact) mass is 336 g/mol. The number of ether oxygens (including phenoxy) is 1. The summed E-state index contributed by atoms with van der Waals surface area (Å²) in [6.45, 7) is -0.195. The largest absolute Gasteiger partial charge is 0.497 e. The molecule has 0 fully saturated rings. The lowest BCUT2D eigenvalue weighted by molar-refractivity contribution is -0.117. The second-order valence-corrected chi connectivity index (χ2v) is 5.21. The Hall–Kier alpha value is -3.48. The van der Waals surface area contributed by atoms with Crippen molar-refractivity contribution in [2.24, 2.45) is 0 Å². The number of pyridine rings is 1. The van der Waals surface area contributed by atoms with Crippen LogP contribution >= 0.6 is 0 Å². The zero-order chi connectivity index (χ0) is 17.6. The van der Waals surface area contributed by atoms with E-state index in [1.54, 1.807) is 49.7 Å². The fourth-order valence-electron chi connectivity index (χ4n) is 2.23. The van der Waals surface area contributed by atoms with Gasteiger partial charge in [-0.05, 0) is 42.5 Å². The van der Waals surface area contributed by atoms with Gasteiger partial charge in [-0.25, -0.2) is 9.67 Å². The summed E-state index contributed by atoms with van der Waals surface area (Å²) in [5, 5.41) is 6.89. The molecule has 0 unspecified atom stereocenters. The van der Waals surface area contributed by atoms with Gasteiger partial charge in [-0.1, -0.05) is 6.07 Å². The molecule has 3 aromatic rings. The minimum absolute atomic E-state index is 0.195. The lowest BCUT2D eigenvalue weighted by Crippen LogP contribution is -2.29. The van der Waals surface area contributed by atoms with Gasteiger partial charge in [0.15, 0.2) is 0 Å². The normalized spacial score (nSPS) is 10.3. The van der Waals surface area contributed by atoms with Crippen LogP contribution in [0.25, 0.3) is 11.3 Å². The van der Waals surface area contributed by atoms with E-state index >= 15 is 0 Å². The minimum Gasteiger partial charge on any atom is -0.497 e. The van der Waals surface area contributed by atoms with Gasteiger partial charge in [-0.3, -0.25) is 9.59 Å². The molecule has 0 aliphatic rings. The maximum atomic E-state index is 12.1.